The molecule has 0 aromatic rings. The van der Waals surface area contributed by atoms with Crippen molar-refractivity contribution >= 4 is 12.6 Å². The Morgan fingerprint density at radius 2 is 2.00 bits per heavy atom. The Kier molecular flexibility index (Phi) is 7.91. The average Bonchev–Trinajstić information content (AvgIpc) is 1.98. The summed E-state index contributed by atoms with van der Waals surface area (Å²) < 4.78 is 27.9. The molecule has 0 aromatic carbocycles. The van der Waals surface area contributed by atoms with Crippen molar-refractivity contribution in [2.45, 2.75) is 26.2 Å². The molecule has 0 spiro atoms. The highest BCUT2D eigenvalue weighted by Crippen LogP contribution is 2.08. The molecule has 1 atom stereocenters. The van der Waals surface area contributed by atoms with Crippen molar-refractivity contribution in [1.82, 2.24) is 0 Å². The molecule has 0 rings (SSSR count). The lowest BCUT2D eigenvalue weighted by Crippen LogP contribution is -2.08. The fraction of sp³-hybridized carbons (Fsp3) is 1.00. The van der Waals surface area contributed by atoms with Crippen molar-refractivity contribution in [2.75, 3.05) is 19.0 Å². The highest BCUT2D eigenvalue weighted by atomic mass is 32.1. The molecule has 4 heteroatoms. The van der Waals surface area contributed by atoms with E-state index < -0.39 is 13.0 Å². The Morgan fingerprint density at radius 3 is 2.50 bits per heavy atom. The third kappa shape index (κ3) is 8.27. The van der Waals surface area contributed by atoms with Gasteiger partial charge < -0.3 is 4.74 Å². The summed E-state index contributed by atoms with van der Waals surface area (Å²) in [6.07, 6.45) is -0.487. The number of hydrogen-bond acceptors (Lipinski definition) is 2. The average molecular weight is 198 g/mol. The summed E-state index contributed by atoms with van der Waals surface area (Å²) in [4.78, 5) is 0. The number of alkyl halides is 2. The lowest BCUT2D eigenvalue weighted by molar-refractivity contribution is 0.0134. The standard InChI is InChI=1S/C8H16F2OS/c1-7(3-5-12)2-4-11-6-8(9)10/h7-8,12H,2-6H2,1H3. The van der Waals surface area contributed by atoms with E-state index in [1.807, 2.05) is 0 Å². The lowest BCUT2D eigenvalue weighted by Gasteiger charge is -2.09. The Morgan fingerprint density at radius 1 is 1.33 bits per heavy atom. The van der Waals surface area contributed by atoms with E-state index in [1.165, 1.54) is 0 Å². The third-order valence-corrected chi connectivity index (χ3v) is 1.88. The molecule has 0 saturated carbocycles. The molecule has 0 N–H and O–H groups in total. The maximum Gasteiger partial charge on any atom is 0.261 e. The molecule has 0 saturated heterocycles. The number of halogens is 2. The van der Waals surface area contributed by atoms with E-state index in [9.17, 15) is 8.78 Å². The van der Waals surface area contributed by atoms with E-state index in [2.05, 4.69) is 19.6 Å². The molecular formula is C8H16F2OS. The smallest absolute Gasteiger partial charge is 0.261 e. The van der Waals surface area contributed by atoms with Gasteiger partial charge in [-0.15, -0.1) is 0 Å². The topological polar surface area (TPSA) is 9.23 Å². The summed E-state index contributed by atoms with van der Waals surface area (Å²) in [5.41, 5.74) is 0. The number of thiol groups is 1. The first-order valence-corrected chi connectivity index (χ1v) is 4.76. The minimum Gasteiger partial charge on any atom is -0.376 e. The van der Waals surface area contributed by atoms with Gasteiger partial charge in [-0.25, -0.2) is 8.78 Å². The first kappa shape index (κ1) is 12.2. The molecule has 0 aromatic heterocycles. The monoisotopic (exact) mass is 198 g/mol. The van der Waals surface area contributed by atoms with Crippen molar-refractivity contribution < 1.29 is 13.5 Å². The van der Waals surface area contributed by atoms with E-state index in [0.717, 1.165) is 18.6 Å². The molecule has 1 unspecified atom stereocenters. The van der Waals surface area contributed by atoms with E-state index in [-0.39, 0.29) is 0 Å². The molecule has 0 aliphatic carbocycles. The quantitative estimate of drug-likeness (QED) is 0.488. The summed E-state index contributed by atoms with van der Waals surface area (Å²) in [6, 6.07) is 0. The minimum atomic E-state index is -2.34. The Bertz CT molecular complexity index is 101. The van der Waals surface area contributed by atoms with Gasteiger partial charge in [-0.2, -0.15) is 12.6 Å². The highest BCUT2D eigenvalue weighted by Gasteiger charge is 2.03. The molecular weight excluding hydrogens is 182 g/mol. The van der Waals surface area contributed by atoms with Gasteiger partial charge in [0.05, 0.1) is 0 Å². The van der Waals surface area contributed by atoms with E-state index >= 15 is 0 Å². The summed E-state index contributed by atoms with van der Waals surface area (Å²) in [5, 5.41) is 0. The predicted octanol–water partition coefficient (Wildman–Crippen LogP) is 2.61. The number of ether oxygens (including phenoxy) is 1. The fourth-order valence-corrected chi connectivity index (χ4v) is 1.26. The van der Waals surface area contributed by atoms with Gasteiger partial charge in [-0.3, -0.25) is 0 Å². The molecule has 0 bridgehead atoms. The number of rotatable bonds is 7. The Balaban J connectivity index is 3.08. The van der Waals surface area contributed by atoms with Crippen LogP contribution in [0.3, 0.4) is 0 Å². The molecule has 0 amide bonds. The van der Waals surface area contributed by atoms with Crippen LogP contribution in [0.25, 0.3) is 0 Å². The second kappa shape index (κ2) is 7.80. The maximum atomic E-state index is 11.6. The predicted molar refractivity (Wildman–Crippen MR) is 49.1 cm³/mol. The second-order valence-electron chi connectivity index (χ2n) is 2.87. The second-order valence-corrected chi connectivity index (χ2v) is 3.32. The van der Waals surface area contributed by atoms with Crippen LogP contribution in [-0.4, -0.2) is 25.4 Å². The van der Waals surface area contributed by atoms with Crippen molar-refractivity contribution in [3.8, 4) is 0 Å². The first-order valence-electron chi connectivity index (χ1n) is 4.13. The van der Waals surface area contributed by atoms with E-state index in [0.29, 0.717) is 12.5 Å². The van der Waals surface area contributed by atoms with Crippen LogP contribution in [-0.2, 0) is 4.74 Å². The first-order chi connectivity index (χ1) is 5.66. The normalized spacial score (nSPS) is 13.8. The minimum absolute atomic E-state index is 0.430. The molecule has 0 aliphatic heterocycles. The van der Waals surface area contributed by atoms with Crippen LogP contribution in [0.4, 0.5) is 8.78 Å². The molecule has 0 fully saturated rings. The van der Waals surface area contributed by atoms with Gasteiger partial charge in [-0.1, -0.05) is 6.92 Å². The van der Waals surface area contributed by atoms with Crippen molar-refractivity contribution in [1.29, 1.82) is 0 Å². The van der Waals surface area contributed by atoms with Crippen molar-refractivity contribution in [3.05, 3.63) is 0 Å². The molecule has 12 heavy (non-hydrogen) atoms. The molecule has 1 nitrogen and oxygen atoms in total. The van der Waals surface area contributed by atoms with Crippen LogP contribution < -0.4 is 0 Å². The SMILES string of the molecule is CC(CCS)CCOCC(F)F. The van der Waals surface area contributed by atoms with Crippen LogP contribution >= 0.6 is 12.6 Å². The molecule has 0 aliphatic rings. The maximum absolute atomic E-state index is 11.6. The zero-order chi connectivity index (χ0) is 9.40. The van der Waals surface area contributed by atoms with Crippen LogP contribution in [0.2, 0.25) is 0 Å². The third-order valence-electron chi connectivity index (χ3n) is 1.62. The Hall–Kier alpha value is 0.170. The largest absolute Gasteiger partial charge is 0.376 e. The highest BCUT2D eigenvalue weighted by molar-refractivity contribution is 7.80. The van der Waals surface area contributed by atoms with Crippen LogP contribution in [0.5, 0.6) is 0 Å². The molecule has 0 radical (unpaired) electrons. The van der Waals surface area contributed by atoms with Crippen LogP contribution in [0.15, 0.2) is 0 Å². The molecule has 0 heterocycles. The zero-order valence-electron chi connectivity index (χ0n) is 7.30. The molecule has 74 valence electrons. The van der Waals surface area contributed by atoms with E-state index in [4.69, 9.17) is 4.74 Å². The van der Waals surface area contributed by atoms with Gasteiger partial charge in [0.2, 0.25) is 0 Å². The van der Waals surface area contributed by atoms with Gasteiger partial charge in [0.1, 0.15) is 6.61 Å². The summed E-state index contributed by atoms with van der Waals surface area (Å²) in [7, 11) is 0. The Labute approximate surface area is 77.9 Å². The summed E-state index contributed by atoms with van der Waals surface area (Å²) in [6.45, 7) is 2.06. The van der Waals surface area contributed by atoms with Crippen molar-refractivity contribution in [2.24, 2.45) is 5.92 Å². The van der Waals surface area contributed by atoms with Gasteiger partial charge in [-0.05, 0) is 24.5 Å². The summed E-state index contributed by atoms with van der Waals surface area (Å²) >= 11 is 4.08. The van der Waals surface area contributed by atoms with Crippen LogP contribution in [0, 0.1) is 5.92 Å². The summed E-state index contributed by atoms with van der Waals surface area (Å²) in [5.74, 6) is 1.36. The van der Waals surface area contributed by atoms with Crippen molar-refractivity contribution in [3.63, 3.8) is 0 Å². The van der Waals surface area contributed by atoms with Gasteiger partial charge >= 0.3 is 0 Å². The van der Waals surface area contributed by atoms with Gasteiger partial charge in [0.15, 0.2) is 0 Å². The van der Waals surface area contributed by atoms with Gasteiger partial charge in [0, 0.05) is 6.61 Å². The van der Waals surface area contributed by atoms with E-state index in [1.54, 1.807) is 0 Å². The van der Waals surface area contributed by atoms with Gasteiger partial charge in [0.25, 0.3) is 6.43 Å². The fourth-order valence-electron chi connectivity index (χ4n) is 0.822. The number of hydrogen-bond donors (Lipinski definition) is 1. The zero-order valence-corrected chi connectivity index (χ0v) is 8.20. The lowest BCUT2D eigenvalue weighted by atomic mass is 10.1. The van der Waals surface area contributed by atoms with Crippen LogP contribution in [0.1, 0.15) is 19.8 Å².